The second kappa shape index (κ2) is 8.12. The van der Waals surface area contributed by atoms with Gasteiger partial charge in [-0.1, -0.05) is 17.7 Å². The van der Waals surface area contributed by atoms with Crippen molar-refractivity contribution in [1.82, 2.24) is 0 Å². The molecule has 0 aliphatic rings. The van der Waals surface area contributed by atoms with Crippen molar-refractivity contribution in [3.8, 4) is 0 Å². The third kappa shape index (κ3) is 5.57. The minimum absolute atomic E-state index is 0.652. The van der Waals surface area contributed by atoms with E-state index in [0.29, 0.717) is 5.02 Å². The van der Waals surface area contributed by atoms with E-state index in [4.69, 9.17) is 16.7 Å². The van der Waals surface area contributed by atoms with Gasteiger partial charge in [0.2, 0.25) is 0 Å². The molecule has 0 bridgehead atoms. The Bertz CT molecular complexity index is 463. The fraction of sp³-hybridized carbons (Fsp3) is 0.357. The fourth-order valence-corrected chi connectivity index (χ4v) is 2.30. The van der Waals surface area contributed by atoms with Gasteiger partial charge in [-0.25, -0.2) is 4.79 Å². The standard InChI is InChI=1S/C14H18ClNO2S/c1-16(8-3-9-19-2)13-10-12(15)6-4-11(13)5-7-14(17)18/h4-7,10H,3,8-9H2,1-2H3,(H,17,18)/b7-5+. The van der Waals surface area contributed by atoms with Crippen LogP contribution in [0.2, 0.25) is 5.02 Å². The van der Waals surface area contributed by atoms with Gasteiger partial charge in [-0.2, -0.15) is 11.8 Å². The van der Waals surface area contributed by atoms with Crippen LogP contribution in [0.15, 0.2) is 24.3 Å². The largest absolute Gasteiger partial charge is 0.478 e. The summed E-state index contributed by atoms with van der Waals surface area (Å²) in [4.78, 5) is 12.7. The SMILES string of the molecule is CSCCCN(C)c1cc(Cl)ccc1/C=C/C(=O)O. The van der Waals surface area contributed by atoms with Gasteiger partial charge >= 0.3 is 5.97 Å². The Hall–Kier alpha value is -1.13. The van der Waals surface area contributed by atoms with Gasteiger partial charge in [0.1, 0.15) is 0 Å². The number of hydrogen-bond acceptors (Lipinski definition) is 3. The summed E-state index contributed by atoms with van der Waals surface area (Å²) >= 11 is 7.83. The summed E-state index contributed by atoms with van der Waals surface area (Å²) in [6.07, 6.45) is 5.90. The van der Waals surface area contributed by atoms with Crippen LogP contribution in [0.3, 0.4) is 0 Å². The summed E-state index contributed by atoms with van der Waals surface area (Å²) < 4.78 is 0. The Kier molecular flexibility index (Phi) is 6.81. The second-order valence-corrected chi connectivity index (χ2v) is 5.56. The van der Waals surface area contributed by atoms with E-state index in [1.807, 2.05) is 30.9 Å². The molecule has 0 aromatic heterocycles. The normalized spacial score (nSPS) is 10.9. The maximum Gasteiger partial charge on any atom is 0.328 e. The minimum Gasteiger partial charge on any atom is -0.478 e. The maximum absolute atomic E-state index is 10.6. The number of benzene rings is 1. The number of thioether (sulfide) groups is 1. The smallest absolute Gasteiger partial charge is 0.328 e. The van der Waals surface area contributed by atoms with Crippen LogP contribution in [0, 0.1) is 0 Å². The molecule has 0 atom stereocenters. The summed E-state index contributed by atoms with van der Waals surface area (Å²) in [5.41, 5.74) is 1.81. The lowest BCUT2D eigenvalue weighted by Crippen LogP contribution is -2.20. The zero-order valence-electron chi connectivity index (χ0n) is 11.1. The molecule has 5 heteroatoms. The first-order valence-electron chi connectivity index (χ1n) is 5.95. The van der Waals surface area contributed by atoms with E-state index < -0.39 is 5.97 Å². The molecule has 0 saturated carbocycles. The summed E-state index contributed by atoms with van der Waals surface area (Å²) in [6.45, 7) is 0.912. The number of anilines is 1. The molecular formula is C14H18ClNO2S. The molecule has 0 saturated heterocycles. The molecule has 0 heterocycles. The molecule has 0 amide bonds. The molecule has 0 unspecified atom stereocenters. The highest BCUT2D eigenvalue weighted by atomic mass is 35.5. The zero-order valence-corrected chi connectivity index (χ0v) is 12.7. The van der Waals surface area contributed by atoms with Crippen molar-refractivity contribution in [2.45, 2.75) is 6.42 Å². The number of aliphatic carboxylic acids is 1. The van der Waals surface area contributed by atoms with E-state index in [2.05, 4.69) is 11.2 Å². The number of carboxylic acids is 1. The molecule has 1 aromatic carbocycles. The Morgan fingerprint density at radius 2 is 2.26 bits per heavy atom. The van der Waals surface area contributed by atoms with Crippen LogP contribution in [-0.2, 0) is 4.79 Å². The highest BCUT2D eigenvalue weighted by molar-refractivity contribution is 7.98. The number of nitrogens with zero attached hydrogens (tertiary/aromatic N) is 1. The molecule has 0 spiro atoms. The van der Waals surface area contributed by atoms with Gasteiger partial charge in [0, 0.05) is 30.4 Å². The summed E-state index contributed by atoms with van der Waals surface area (Å²) in [5, 5.41) is 9.36. The first-order chi connectivity index (χ1) is 9.04. The number of carboxylic acid groups (broad SMARTS) is 1. The van der Waals surface area contributed by atoms with Crippen molar-refractivity contribution in [3.05, 3.63) is 34.9 Å². The van der Waals surface area contributed by atoms with E-state index >= 15 is 0 Å². The molecule has 0 fully saturated rings. The van der Waals surface area contributed by atoms with Crippen molar-refractivity contribution in [2.24, 2.45) is 0 Å². The Morgan fingerprint density at radius 1 is 1.53 bits per heavy atom. The van der Waals surface area contributed by atoms with E-state index in [9.17, 15) is 4.79 Å². The van der Waals surface area contributed by atoms with Crippen molar-refractivity contribution in [1.29, 1.82) is 0 Å². The lowest BCUT2D eigenvalue weighted by atomic mass is 10.1. The van der Waals surface area contributed by atoms with Gasteiger partial charge in [0.05, 0.1) is 0 Å². The average Bonchev–Trinajstić information content (AvgIpc) is 2.37. The van der Waals surface area contributed by atoms with Crippen LogP contribution in [0.5, 0.6) is 0 Å². The highest BCUT2D eigenvalue weighted by Crippen LogP contribution is 2.25. The molecule has 104 valence electrons. The van der Waals surface area contributed by atoms with E-state index in [1.54, 1.807) is 12.1 Å². The quantitative estimate of drug-likeness (QED) is 0.616. The van der Waals surface area contributed by atoms with E-state index in [1.165, 1.54) is 0 Å². The van der Waals surface area contributed by atoms with Crippen LogP contribution in [0.25, 0.3) is 6.08 Å². The van der Waals surface area contributed by atoms with Crippen LogP contribution < -0.4 is 4.90 Å². The fourth-order valence-electron chi connectivity index (χ4n) is 1.72. The zero-order chi connectivity index (χ0) is 14.3. The number of rotatable bonds is 7. The molecular weight excluding hydrogens is 282 g/mol. The molecule has 0 aliphatic carbocycles. The molecule has 0 radical (unpaired) electrons. The first-order valence-corrected chi connectivity index (χ1v) is 7.72. The van der Waals surface area contributed by atoms with Crippen LogP contribution in [0.1, 0.15) is 12.0 Å². The summed E-state index contributed by atoms with van der Waals surface area (Å²) in [6, 6.07) is 5.46. The average molecular weight is 300 g/mol. The highest BCUT2D eigenvalue weighted by Gasteiger charge is 2.06. The first kappa shape index (κ1) is 15.9. The second-order valence-electron chi connectivity index (χ2n) is 4.14. The van der Waals surface area contributed by atoms with E-state index in [0.717, 1.165) is 36.0 Å². The molecule has 1 aromatic rings. The third-order valence-corrected chi connectivity index (χ3v) is 3.58. The summed E-state index contributed by atoms with van der Waals surface area (Å²) in [5.74, 6) is 0.150. The lowest BCUT2D eigenvalue weighted by Gasteiger charge is -2.21. The number of halogens is 1. The predicted octanol–water partition coefficient (Wildman–Crippen LogP) is 3.63. The molecule has 1 rings (SSSR count). The maximum atomic E-state index is 10.6. The van der Waals surface area contributed by atoms with Gasteiger partial charge in [-0.3, -0.25) is 0 Å². The molecule has 0 aliphatic heterocycles. The van der Waals surface area contributed by atoms with Crippen LogP contribution in [-0.4, -0.2) is 36.7 Å². The Balaban J connectivity index is 2.89. The molecule has 1 N–H and O–H groups in total. The number of carbonyl (C=O) groups is 1. The van der Waals surface area contributed by atoms with Gasteiger partial charge in [-0.05, 0) is 42.2 Å². The van der Waals surface area contributed by atoms with Crippen molar-refractivity contribution in [2.75, 3.05) is 30.5 Å². The third-order valence-electron chi connectivity index (χ3n) is 2.65. The van der Waals surface area contributed by atoms with E-state index in [-0.39, 0.29) is 0 Å². The van der Waals surface area contributed by atoms with Crippen LogP contribution in [0.4, 0.5) is 5.69 Å². The Labute approximate surface area is 123 Å². The summed E-state index contributed by atoms with van der Waals surface area (Å²) in [7, 11) is 1.99. The minimum atomic E-state index is -0.953. The van der Waals surface area contributed by atoms with Gasteiger partial charge in [0.15, 0.2) is 0 Å². The molecule has 19 heavy (non-hydrogen) atoms. The predicted molar refractivity (Wildman–Crippen MR) is 84.4 cm³/mol. The van der Waals surface area contributed by atoms with Crippen molar-refractivity contribution < 1.29 is 9.90 Å². The molecule has 3 nitrogen and oxygen atoms in total. The topological polar surface area (TPSA) is 40.5 Å². The number of hydrogen-bond donors (Lipinski definition) is 1. The van der Waals surface area contributed by atoms with Crippen LogP contribution >= 0.6 is 23.4 Å². The monoisotopic (exact) mass is 299 g/mol. The van der Waals surface area contributed by atoms with Gasteiger partial charge < -0.3 is 10.0 Å². The Morgan fingerprint density at radius 3 is 2.89 bits per heavy atom. The van der Waals surface area contributed by atoms with Gasteiger partial charge in [-0.15, -0.1) is 0 Å². The lowest BCUT2D eigenvalue weighted by molar-refractivity contribution is -0.131. The van der Waals surface area contributed by atoms with Crippen molar-refractivity contribution >= 4 is 41.1 Å². The van der Waals surface area contributed by atoms with Crippen molar-refractivity contribution in [3.63, 3.8) is 0 Å². The van der Waals surface area contributed by atoms with Gasteiger partial charge in [0.25, 0.3) is 0 Å².